The van der Waals surface area contributed by atoms with E-state index in [0.29, 0.717) is 17.4 Å². The molecular formula is C13H12N2O5. The van der Waals surface area contributed by atoms with Gasteiger partial charge in [0.1, 0.15) is 5.92 Å². The first-order chi connectivity index (χ1) is 9.63. The van der Waals surface area contributed by atoms with Gasteiger partial charge in [-0.15, -0.1) is 10.2 Å². The van der Waals surface area contributed by atoms with Crippen LogP contribution in [0.2, 0.25) is 0 Å². The summed E-state index contributed by atoms with van der Waals surface area (Å²) in [6.45, 7) is 1.81. The monoisotopic (exact) mass is 276 g/mol. The lowest BCUT2D eigenvalue weighted by molar-refractivity contribution is -0.139. The molecule has 2 heterocycles. The highest BCUT2D eigenvalue weighted by Gasteiger charge is 2.27. The number of rotatable bonds is 4. The molecule has 104 valence electrons. The normalized spacial score (nSPS) is 14.2. The summed E-state index contributed by atoms with van der Waals surface area (Å²) in [4.78, 5) is 11.4. The number of fused-ring (bicyclic) bond motifs is 1. The first-order valence-electron chi connectivity index (χ1n) is 6.05. The zero-order valence-electron chi connectivity index (χ0n) is 10.7. The van der Waals surface area contributed by atoms with Crippen molar-refractivity contribution in [3.05, 3.63) is 35.5 Å². The second kappa shape index (κ2) is 4.84. The van der Waals surface area contributed by atoms with Crippen molar-refractivity contribution in [2.75, 3.05) is 6.79 Å². The van der Waals surface area contributed by atoms with Crippen LogP contribution in [0.4, 0.5) is 0 Å². The van der Waals surface area contributed by atoms with Crippen LogP contribution in [0.1, 0.15) is 23.3 Å². The molecule has 0 aliphatic carbocycles. The van der Waals surface area contributed by atoms with Gasteiger partial charge in [0.15, 0.2) is 11.5 Å². The van der Waals surface area contributed by atoms with Crippen molar-refractivity contribution in [2.45, 2.75) is 19.3 Å². The molecule has 7 heteroatoms. The van der Waals surface area contributed by atoms with E-state index in [2.05, 4.69) is 10.2 Å². The van der Waals surface area contributed by atoms with E-state index >= 15 is 0 Å². The minimum Gasteiger partial charge on any atom is -0.481 e. The fourth-order valence-electron chi connectivity index (χ4n) is 2.04. The Balaban J connectivity index is 1.85. The minimum absolute atomic E-state index is 0.104. The van der Waals surface area contributed by atoms with Crippen LogP contribution in [0.25, 0.3) is 0 Å². The minimum atomic E-state index is -1.01. The van der Waals surface area contributed by atoms with Crippen molar-refractivity contribution < 1.29 is 23.8 Å². The molecule has 1 aromatic carbocycles. The van der Waals surface area contributed by atoms with E-state index in [-0.39, 0.29) is 19.1 Å². The van der Waals surface area contributed by atoms with Gasteiger partial charge < -0.3 is 19.0 Å². The number of ether oxygens (including phenoxy) is 2. The van der Waals surface area contributed by atoms with Crippen LogP contribution in [0.5, 0.6) is 11.5 Å². The standard InChI is InChI=1S/C13H12N2O5/c1-7-14-15-12(20-7)9(13(16)17)4-8-2-3-10-11(5-8)19-6-18-10/h2-3,5,9H,4,6H2,1H3,(H,16,17). The highest BCUT2D eigenvalue weighted by Crippen LogP contribution is 2.33. The second-order valence-electron chi connectivity index (χ2n) is 4.44. The molecule has 0 saturated carbocycles. The zero-order valence-corrected chi connectivity index (χ0v) is 10.7. The SMILES string of the molecule is Cc1nnc(C(Cc2ccc3c(c2)OCO3)C(=O)O)o1. The maximum Gasteiger partial charge on any atom is 0.316 e. The Morgan fingerprint density at radius 3 is 2.85 bits per heavy atom. The molecule has 1 N–H and O–H groups in total. The summed E-state index contributed by atoms with van der Waals surface area (Å²) in [6.07, 6.45) is 0.244. The Kier molecular flexibility index (Phi) is 3.02. The number of hydrogen-bond donors (Lipinski definition) is 1. The predicted octanol–water partition coefficient (Wildman–Crippen LogP) is 1.52. The van der Waals surface area contributed by atoms with Crippen LogP contribution in [0, 0.1) is 6.92 Å². The highest BCUT2D eigenvalue weighted by molar-refractivity contribution is 5.75. The summed E-state index contributed by atoms with van der Waals surface area (Å²) < 4.78 is 15.7. The van der Waals surface area contributed by atoms with Crippen LogP contribution in [-0.2, 0) is 11.2 Å². The third-order valence-corrected chi connectivity index (χ3v) is 3.01. The van der Waals surface area contributed by atoms with Crippen molar-refractivity contribution in [3.8, 4) is 11.5 Å². The molecule has 20 heavy (non-hydrogen) atoms. The molecule has 0 bridgehead atoms. The van der Waals surface area contributed by atoms with Crippen LogP contribution >= 0.6 is 0 Å². The fourth-order valence-corrected chi connectivity index (χ4v) is 2.04. The number of carboxylic acids is 1. The number of carbonyl (C=O) groups is 1. The summed E-state index contributed by atoms with van der Waals surface area (Å²) in [5.41, 5.74) is 0.803. The Labute approximate surface area is 114 Å². The number of aromatic nitrogens is 2. The van der Waals surface area contributed by atoms with Crippen molar-refractivity contribution >= 4 is 5.97 Å². The Morgan fingerprint density at radius 2 is 2.15 bits per heavy atom. The Bertz CT molecular complexity index is 652. The van der Waals surface area contributed by atoms with Crippen LogP contribution in [-0.4, -0.2) is 28.1 Å². The van der Waals surface area contributed by atoms with Gasteiger partial charge in [0, 0.05) is 6.92 Å². The Hall–Kier alpha value is -2.57. The lowest BCUT2D eigenvalue weighted by Gasteiger charge is -2.08. The molecule has 7 nitrogen and oxygen atoms in total. The van der Waals surface area contributed by atoms with Gasteiger partial charge in [-0.1, -0.05) is 6.07 Å². The number of aryl methyl sites for hydroxylation is 1. The van der Waals surface area contributed by atoms with Crippen molar-refractivity contribution in [3.63, 3.8) is 0 Å². The van der Waals surface area contributed by atoms with E-state index in [9.17, 15) is 9.90 Å². The van der Waals surface area contributed by atoms with E-state index < -0.39 is 11.9 Å². The topological polar surface area (TPSA) is 94.7 Å². The van der Waals surface area contributed by atoms with Crippen molar-refractivity contribution in [1.29, 1.82) is 0 Å². The zero-order chi connectivity index (χ0) is 14.1. The van der Waals surface area contributed by atoms with E-state index in [0.717, 1.165) is 5.56 Å². The maximum absolute atomic E-state index is 11.4. The summed E-state index contributed by atoms with van der Waals surface area (Å²) in [6, 6.07) is 5.32. The Morgan fingerprint density at radius 1 is 1.35 bits per heavy atom. The molecule has 0 spiro atoms. The molecule has 0 fully saturated rings. The van der Waals surface area contributed by atoms with Crippen LogP contribution in [0.3, 0.4) is 0 Å². The molecule has 0 amide bonds. The van der Waals surface area contributed by atoms with Gasteiger partial charge in [0.05, 0.1) is 0 Å². The summed E-state index contributed by atoms with van der Waals surface area (Å²) >= 11 is 0. The lowest BCUT2D eigenvalue weighted by atomic mass is 9.99. The van der Waals surface area contributed by atoms with Crippen LogP contribution < -0.4 is 9.47 Å². The quantitative estimate of drug-likeness (QED) is 0.904. The number of nitrogens with zero attached hydrogens (tertiary/aromatic N) is 2. The van der Waals surface area contributed by atoms with Crippen molar-refractivity contribution in [1.82, 2.24) is 10.2 Å². The summed E-state index contributed by atoms with van der Waals surface area (Å²) in [7, 11) is 0. The molecule has 1 aliphatic rings. The average molecular weight is 276 g/mol. The summed E-state index contributed by atoms with van der Waals surface area (Å²) in [5, 5.41) is 16.8. The first kappa shape index (κ1) is 12.5. The second-order valence-corrected chi connectivity index (χ2v) is 4.44. The first-order valence-corrected chi connectivity index (χ1v) is 6.05. The average Bonchev–Trinajstić information content (AvgIpc) is 3.03. The molecule has 1 aromatic heterocycles. The van der Waals surface area contributed by atoms with Gasteiger partial charge in [-0.25, -0.2) is 0 Å². The third-order valence-electron chi connectivity index (χ3n) is 3.01. The molecule has 1 aliphatic heterocycles. The summed E-state index contributed by atoms with van der Waals surface area (Å²) in [5.74, 6) is -0.157. The number of benzene rings is 1. The van der Waals surface area contributed by atoms with Gasteiger partial charge in [-0.05, 0) is 24.1 Å². The lowest BCUT2D eigenvalue weighted by Crippen LogP contribution is -2.15. The molecule has 1 unspecified atom stereocenters. The van der Waals surface area contributed by atoms with Gasteiger partial charge >= 0.3 is 5.97 Å². The van der Waals surface area contributed by atoms with Crippen LogP contribution in [0.15, 0.2) is 22.6 Å². The van der Waals surface area contributed by atoms with E-state index in [1.165, 1.54) is 0 Å². The molecular weight excluding hydrogens is 264 g/mol. The molecule has 0 radical (unpaired) electrons. The van der Waals surface area contributed by atoms with Gasteiger partial charge in [0.25, 0.3) is 0 Å². The smallest absolute Gasteiger partial charge is 0.316 e. The molecule has 3 rings (SSSR count). The van der Waals surface area contributed by atoms with E-state index in [4.69, 9.17) is 13.9 Å². The number of aliphatic carboxylic acids is 1. The third kappa shape index (κ3) is 2.29. The van der Waals surface area contributed by atoms with E-state index in [1.807, 2.05) is 0 Å². The molecule has 0 saturated heterocycles. The van der Waals surface area contributed by atoms with Gasteiger partial charge in [-0.3, -0.25) is 4.79 Å². The molecule has 2 aromatic rings. The fraction of sp³-hybridized carbons (Fsp3) is 0.308. The maximum atomic E-state index is 11.4. The highest BCUT2D eigenvalue weighted by atomic mass is 16.7. The number of hydrogen-bond acceptors (Lipinski definition) is 6. The van der Waals surface area contributed by atoms with Gasteiger partial charge in [0.2, 0.25) is 18.6 Å². The largest absolute Gasteiger partial charge is 0.481 e. The van der Waals surface area contributed by atoms with E-state index in [1.54, 1.807) is 25.1 Å². The van der Waals surface area contributed by atoms with Gasteiger partial charge in [-0.2, -0.15) is 0 Å². The van der Waals surface area contributed by atoms with Crippen molar-refractivity contribution in [2.24, 2.45) is 0 Å². The predicted molar refractivity (Wildman–Crippen MR) is 65.7 cm³/mol. The molecule has 1 atom stereocenters. The number of carboxylic acid groups (broad SMARTS) is 1.